The van der Waals surface area contributed by atoms with Crippen molar-refractivity contribution in [2.24, 2.45) is 0 Å². The van der Waals surface area contributed by atoms with Crippen LogP contribution in [0.5, 0.6) is 0 Å². The van der Waals surface area contributed by atoms with Gasteiger partial charge in [0, 0.05) is 21.1 Å². The van der Waals surface area contributed by atoms with Gasteiger partial charge in [0.15, 0.2) is 31.3 Å². The van der Waals surface area contributed by atoms with Crippen LogP contribution < -0.4 is 0 Å². The van der Waals surface area contributed by atoms with E-state index in [4.69, 9.17) is 47.4 Å². The second kappa shape index (κ2) is 18.1. The van der Waals surface area contributed by atoms with E-state index in [0.717, 1.165) is 6.92 Å². The van der Waals surface area contributed by atoms with E-state index in [1.165, 1.54) is 14.2 Å². The Balaban J connectivity index is 1.47. The normalized spacial score (nSPS) is 48.7. The zero-order chi connectivity index (χ0) is 37.0. The van der Waals surface area contributed by atoms with Crippen molar-refractivity contribution in [1.82, 2.24) is 0 Å². The van der Waals surface area contributed by atoms with Crippen molar-refractivity contribution >= 4 is 5.97 Å². The van der Waals surface area contributed by atoms with Crippen LogP contribution in [0.25, 0.3) is 0 Å². The van der Waals surface area contributed by atoms with E-state index in [1.54, 1.807) is 0 Å². The number of methoxy groups -OCH3 is 2. The van der Waals surface area contributed by atoms with Crippen molar-refractivity contribution in [3.63, 3.8) is 0 Å². The number of esters is 1. The molecular formula is C28H48O22. The summed E-state index contributed by atoms with van der Waals surface area (Å²) in [4.78, 5) is 11.8. The zero-order valence-electron chi connectivity index (χ0n) is 27.3. The van der Waals surface area contributed by atoms with Gasteiger partial charge in [0.25, 0.3) is 0 Å². The van der Waals surface area contributed by atoms with Crippen molar-refractivity contribution in [2.75, 3.05) is 40.6 Å². The molecule has 0 aromatic carbocycles. The molecule has 0 aromatic rings. The first-order valence-electron chi connectivity index (χ1n) is 15.8. The third-order valence-electron chi connectivity index (χ3n) is 8.92. The number of carbonyl (C=O) groups excluding carboxylic acids is 1. The van der Waals surface area contributed by atoms with Gasteiger partial charge >= 0.3 is 5.97 Å². The smallest absolute Gasteiger partial charge is 0.303 e. The molecule has 11 N–H and O–H groups in total. The predicted octanol–water partition coefficient (Wildman–Crippen LogP) is -7.87. The third kappa shape index (κ3) is 8.72. The second-order valence-corrected chi connectivity index (χ2v) is 12.2. The Kier molecular flexibility index (Phi) is 15.0. The fourth-order valence-electron chi connectivity index (χ4n) is 6.21. The van der Waals surface area contributed by atoms with E-state index in [0.29, 0.717) is 0 Å². The molecule has 22 nitrogen and oxygen atoms in total. The molecule has 4 rings (SSSR count). The lowest BCUT2D eigenvalue weighted by Crippen LogP contribution is -2.67. The van der Waals surface area contributed by atoms with Gasteiger partial charge in [-0.3, -0.25) is 4.79 Å². The zero-order valence-corrected chi connectivity index (χ0v) is 27.3. The molecule has 0 bridgehead atoms. The number of aliphatic hydroxyl groups excluding tert-OH is 11. The first-order valence-corrected chi connectivity index (χ1v) is 15.8. The van der Waals surface area contributed by atoms with Gasteiger partial charge in [-0.25, -0.2) is 0 Å². The summed E-state index contributed by atoms with van der Waals surface area (Å²) in [5, 5.41) is 114. The minimum atomic E-state index is -1.99. The molecule has 0 radical (unpaired) electrons. The highest BCUT2D eigenvalue weighted by atomic mass is 16.8. The molecule has 0 aliphatic carbocycles. The van der Waals surface area contributed by atoms with Gasteiger partial charge in [-0.15, -0.1) is 0 Å². The Morgan fingerprint density at radius 3 is 1.52 bits per heavy atom. The average Bonchev–Trinajstić information content (AvgIpc) is 3.10. The Morgan fingerprint density at radius 1 is 0.500 bits per heavy atom. The van der Waals surface area contributed by atoms with Crippen molar-refractivity contribution in [2.45, 2.75) is 130 Å². The standard InChI is InChI=1S/C28H48O22/c1-8(32)44-24-20(40)25(42-3)46-11(6-31)23(24)50-27-19(39)16(36)22(10(5-30)47-27)49-28-18(38)15(35)21(41-2)12(48-28)7-43-26-17(37)14(34)13(33)9(4-29)45-26/h9-31,33-40H,4-7H2,1-3H3/t9?,10?,11?,12?,13-,14+,15-,16-,17?,18?,19?,20?,21-,22-,23-,24-,25+,26-,27-,28-/m0/s1. The van der Waals surface area contributed by atoms with E-state index < -0.39 is 155 Å². The van der Waals surface area contributed by atoms with Crippen LogP contribution in [-0.2, 0) is 52.2 Å². The van der Waals surface area contributed by atoms with Crippen LogP contribution in [0.3, 0.4) is 0 Å². The lowest BCUT2D eigenvalue weighted by atomic mass is 9.96. The quantitative estimate of drug-likeness (QED) is 0.0782. The van der Waals surface area contributed by atoms with Crippen molar-refractivity contribution in [1.29, 1.82) is 0 Å². The molecule has 0 saturated carbocycles. The molecule has 0 aromatic heterocycles. The Morgan fingerprint density at radius 2 is 0.980 bits per heavy atom. The highest BCUT2D eigenvalue weighted by Gasteiger charge is 2.55. The Bertz CT molecular complexity index is 1050. The fourth-order valence-corrected chi connectivity index (χ4v) is 6.21. The Labute approximate surface area is 285 Å². The minimum Gasteiger partial charge on any atom is -0.457 e. The predicted molar refractivity (Wildman–Crippen MR) is 153 cm³/mol. The minimum absolute atomic E-state index is 0.550. The highest BCUT2D eigenvalue weighted by Crippen LogP contribution is 2.34. The first-order chi connectivity index (χ1) is 23.7. The summed E-state index contributed by atoms with van der Waals surface area (Å²) in [6.45, 7) is -1.84. The molecule has 50 heavy (non-hydrogen) atoms. The lowest BCUT2D eigenvalue weighted by molar-refractivity contribution is -0.381. The molecule has 22 heteroatoms. The van der Waals surface area contributed by atoms with Crippen molar-refractivity contribution in [3.05, 3.63) is 0 Å². The van der Waals surface area contributed by atoms with E-state index >= 15 is 0 Å². The second-order valence-electron chi connectivity index (χ2n) is 12.2. The monoisotopic (exact) mass is 736 g/mol. The van der Waals surface area contributed by atoms with Gasteiger partial charge in [0.2, 0.25) is 0 Å². The number of aliphatic hydroxyl groups is 11. The number of ether oxygens (including phenoxy) is 10. The van der Waals surface area contributed by atoms with E-state index in [9.17, 15) is 61.0 Å². The number of hydrogen-bond donors (Lipinski definition) is 11. The number of hydrogen-bond acceptors (Lipinski definition) is 22. The first kappa shape index (κ1) is 41.4. The number of rotatable bonds is 13. The lowest BCUT2D eigenvalue weighted by Gasteiger charge is -2.48. The van der Waals surface area contributed by atoms with E-state index in [1.807, 2.05) is 0 Å². The van der Waals surface area contributed by atoms with Gasteiger partial charge in [0.05, 0.1) is 26.4 Å². The van der Waals surface area contributed by atoms with Crippen molar-refractivity contribution < 1.29 is 108 Å². The molecule has 4 aliphatic rings. The van der Waals surface area contributed by atoms with Gasteiger partial charge in [-0.2, -0.15) is 0 Å². The van der Waals surface area contributed by atoms with E-state index in [-0.39, 0.29) is 0 Å². The molecule has 0 spiro atoms. The van der Waals surface area contributed by atoms with Crippen LogP contribution >= 0.6 is 0 Å². The average molecular weight is 737 g/mol. The summed E-state index contributed by atoms with van der Waals surface area (Å²) in [7, 11) is 2.38. The molecule has 4 aliphatic heterocycles. The van der Waals surface area contributed by atoms with Gasteiger partial charge in [-0.05, 0) is 0 Å². The third-order valence-corrected chi connectivity index (χ3v) is 8.92. The largest absolute Gasteiger partial charge is 0.457 e. The summed E-state index contributed by atoms with van der Waals surface area (Å²) in [5.41, 5.74) is 0. The van der Waals surface area contributed by atoms with E-state index in [2.05, 4.69) is 0 Å². The Hall–Kier alpha value is -1.33. The van der Waals surface area contributed by atoms with Crippen LogP contribution in [0.1, 0.15) is 6.92 Å². The molecule has 4 saturated heterocycles. The maximum atomic E-state index is 11.8. The van der Waals surface area contributed by atoms with Gasteiger partial charge in [-0.1, -0.05) is 0 Å². The van der Waals surface area contributed by atoms with Crippen LogP contribution in [0.4, 0.5) is 0 Å². The molecule has 4 fully saturated rings. The molecule has 292 valence electrons. The summed E-state index contributed by atoms with van der Waals surface area (Å²) in [5.74, 6) is -0.844. The summed E-state index contributed by atoms with van der Waals surface area (Å²) >= 11 is 0. The summed E-state index contributed by atoms with van der Waals surface area (Å²) < 4.78 is 54.7. The SMILES string of the molecule is CO[C@@H]1OC(CO)[C@H](O[C@@H]2OC(CO)[C@H](O[C@@H]3OC(CO[C@H]4OC(CO)[C@H](O)[C@@H](O)C4O)[C@H](OC)[C@@H](O)C3O)[C@@H](O)C2O)[C@@H](OC(C)=O)C1O. The van der Waals surface area contributed by atoms with Crippen molar-refractivity contribution in [3.8, 4) is 0 Å². The van der Waals surface area contributed by atoms with Crippen LogP contribution in [0.15, 0.2) is 0 Å². The summed E-state index contributed by atoms with van der Waals surface area (Å²) in [6, 6.07) is 0. The maximum absolute atomic E-state index is 11.8. The van der Waals surface area contributed by atoms with Crippen LogP contribution in [0, 0.1) is 0 Å². The molecular weight excluding hydrogens is 688 g/mol. The highest BCUT2D eigenvalue weighted by molar-refractivity contribution is 5.66. The van der Waals surface area contributed by atoms with Gasteiger partial charge in [0.1, 0.15) is 91.6 Å². The number of carbonyl (C=O) groups is 1. The molecule has 4 heterocycles. The maximum Gasteiger partial charge on any atom is 0.303 e. The van der Waals surface area contributed by atoms with Gasteiger partial charge < -0.3 is 104 Å². The van der Waals surface area contributed by atoms with Crippen LogP contribution in [0.2, 0.25) is 0 Å². The fraction of sp³-hybridized carbons (Fsp3) is 0.964. The summed E-state index contributed by atoms with van der Waals surface area (Å²) in [6.07, 6.45) is -32.2. The molecule has 8 unspecified atom stereocenters. The van der Waals surface area contributed by atoms with Crippen LogP contribution in [-0.4, -0.2) is 226 Å². The topological polar surface area (TPSA) is 332 Å². The molecule has 0 amide bonds. The molecule has 20 atom stereocenters.